The number of rotatable bonds is 7. The smallest absolute Gasteiger partial charge is 0.303 e. The Balaban J connectivity index is 1.38. The van der Waals surface area contributed by atoms with Crippen molar-refractivity contribution in [3.63, 3.8) is 0 Å². The lowest BCUT2D eigenvalue weighted by Crippen LogP contribution is -2.57. The Labute approximate surface area is 165 Å². The van der Waals surface area contributed by atoms with Gasteiger partial charge in [-0.15, -0.1) is 0 Å². The van der Waals surface area contributed by atoms with Gasteiger partial charge in [-0.2, -0.15) is 0 Å². The standard InChI is InChI=1S/C22H30N2O4/c23-18(6-14-1-3-17(25)4-2-14)20(28)24-13-22-9-15-5-16(10-22)8-21(7-15,12-22)11-19(26)27/h1-4,15-16,18,25H,5-13,23H2,(H,24,28)(H,26,27)/t15?,16?,18-,21?,22?/m0/s1. The number of aliphatic carboxylic acids is 1. The highest BCUT2D eigenvalue weighted by molar-refractivity contribution is 5.81. The minimum atomic E-state index is -0.697. The quantitative estimate of drug-likeness (QED) is 0.575. The van der Waals surface area contributed by atoms with E-state index in [1.165, 1.54) is 6.42 Å². The summed E-state index contributed by atoms with van der Waals surface area (Å²) in [5.41, 5.74) is 6.98. The van der Waals surface area contributed by atoms with E-state index in [0.29, 0.717) is 24.8 Å². The number of amides is 1. The van der Waals surface area contributed by atoms with Gasteiger partial charge in [0.2, 0.25) is 5.91 Å². The summed E-state index contributed by atoms with van der Waals surface area (Å²) in [4.78, 5) is 24.0. The van der Waals surface area contributed by atoms with Crippen LogP contribution in [0.25, 0.3) is 0 Å². The van der Waals surface area contributed by atoms with E-state index in [1.807, 2.05) is 0 Å². The SMILES string of the molecule is N[C@@H](Cc1ccc(O)cc1)C(=O)NCC12CC3CC(C1)CC(CC(=O)O)(C3)C2. The highest BCUT2D eigenvalue weighted by Crippen LogP contribution is 2.66. The fraction of sp³-hybridized carbons (Fsp3) is 0.636. The van der Waals surface area contributed by atoms with Gasteiger partial charge in [-0.1, -0.05) is 12.1 Å². The zero-order valence-electron chi connectivity index (χ0n) is 16.2. The van der Waals surface area contributed by atoms with Gasteiger partial charge in [0.1, 0.15) is 5.75 Å². The molecular formula is C22H30N2O4. The van der Waals surface area contributed by atoms with Crippen molar-refractivity contribution in [2.75, 3.05) is 6.54 Å². The third-order valence-corrected chi connectivity index (χ3v) is 7.20. The lowest BCUT2D eigenvalue weighted by molar-refractivity contribution is -0.153. The molecule has 4 bridgehead atoms. The first-order valence-corrected chi connectivity index (χ1v) is 10.3. The van der Waals surface area contributed by atoms with Gasteiger partial charge in [0.25, 0.3) is 0 Å². The number of phenolic OH excluding ortho intramolecular Hbond substituents is 1. The number of hydrogen-bond acceptors (Lipinski definition) is 4. The molecule has 5 N–H and O–H groups in total. The Morgan fingerprint density at radius 2 is 1.71 bits per heavy atom. The first kappa shape index (κ1) is 19.2. The van der Waals surface area contributed by atoms with Gasteiger partial charge in [-0.05, 0) is 85.3 Å². The van der Waals surface area contributed by atoms with E-state index in [-0.39, 0.29) is 28.9 Å². The molecular weight excluding hydrogens is 356 g/mol. The predicted molar refractivity (Wildman–Crippen MR) is 105 cm³/mol. The second kappa shape index (κ2) is 7.07. The van der Waals surface area contributed by atoms with Gasteiger partial charge in [0, 0.05) is 6.54 Å². The minimum Gasteiger partial charge on any atom is -0.508 e. The number of aromatic hydroxyl groups is 1. The summed E-state index contributed by atoms with van der Waals surface area (Å²) in [5, 5.41) is 21.8. The van der Waals surface area contributed by atoms with Gasteiger partial charge < -0.3 is 21.3 Å². The van der Waals surface area contributed by atoms with Gasteiger partial charge >= 0.3 is 5.97 Å². The first-order valence-electron chi connectivity index (χ1n) is 10.3. The van der Waals surface area contributed by atoms with Crippen molar-refractivity contribution >= 4 is 11.9 Å². The largest absolute Gasteiger partial charge is 0.508 e. The number of carboxylic acids is 1. The molecule has 0 aliphatic heterocycles. The summed E-state index contributed by atoms with van der Waals surface area (Å²) in [6.07, 6.45) is 7.07. The molecule has 0 aromatic heterocycles. The van der Waals surface area contributed by atoms with E-state index in [4.69, 9.17) is 5.73 Å². The number of nitrogens with two attached hydrogens (primary N) is 1. The summed E-state index contributed by atoms with van der Waals surface area (Å²) in [7, 11) is 0. The molecule has 0 spiro atoms. The summed E-state index contributed by atoms with van der Waals surface area (Å²) in [6.45, 7) is 0.601. The predicted octanol–water partition coefficient (Wildman–Crippen LogP) is 2.44. The third-order valence-electron chi connectivity index (χ3n) is 7.20. The zero-order chi connectivity index (χ0) is 19.9. The summed E-state index contributed by atoms with van der Waals surface area (Å²) in [5.74, 6) is 0.540. The van der Waals surface area contributed by atoms with Crippen LogP contribution in [0.4, 0.5) is 0 Å². The Kier molecular flexibility index (Phi) is 4.86. The second-order valence-electron chi connectivity index (χ2n) is 9.73. The Morgan fingerprint density at radius 3 is 2.32 bits per heavy atom. The summed E-state index contributed by atoms with van der Waals surface area (Å²) < 4.78 is 0. The van der Waals surface area contributed by atoms with E-state index in [1.54, 1.807) is 24.3 Å². The number of carboxylic acid groups (broad SMARTS) is 1. The number of carbonyl (C=O) groups excluding carboxylic acids is 1. The molecule has 1 aromatic rings. The lowest BCUT2D eigenvalue weighted by Gasteiger charge is -2.62. The Morgan fingerprint density at radius 1 is 1.11 bits per heavy atom. The second-order valence-corrected chi connectivity index (χ2v) is 9.73. The highest BCUT2D eigenvalue weighted by atomic mass is 16.4. The maximum Gasteiger partial charge on any atom is 0.303 e. The van der Waals surface area contributed by atoms with Crippen molar-refractivity contribution in [1.82, 2.24) is 5.32 Å². The molecule has 152 valence electrons. The number of phenols is 1. The van der Waals surface area contributed by atoms with Crippen molar-refractivity contribution < 1.29 is 19.8 Å². The number of nitrogens with one attached hydrogen (secondary N) is 1. The van der Waals surface area contributed by atoms with Crippen LogP contribution < -0.4 is 11.1 Å². The Hall–Kier alpha value is -2.08. The van der Waals surface area contributed by atoms with Crippen LogP contribution in [-0.4, -0.2) is 34.7 Å². The van der Waals surface area contributed by atoms with E-state index in [9.17, 15) is 19.8 Å². The average Bonchev–Trinajstić information content (AvgIpc) is 2.59. The molecule has 28 heavy (non-hydrogen) atoms. The molecule has 4 saturated carbocycles. The van der Waals surface area contributed by atoms with Gasteiger partial charge in [-0.25, -0.2) is 0 Å². The fourth-order valence-corrected chi connectivity index (χ4v) is 6.77. The monoisotopic (exact) mass is 386 g/mol. The van der Waals surface area contributed by atoms with E-state index >= 15 is 0 Å². The van der Waals surface area contributed by atoms with E-state index in [0.717, 1.165) is 37.7 Å². The molecule has 1 amide bonds. The van der Waals surface area contributed by atoms with Crippen LogP contribution in [0.3, 0.4) is 0 Å². The molecule has 0 heterocycles. The molecule has 4 aliphatic carbocycles. The number of carbonyl (C=O) groups is 2. The van der Waals surface area contributed by atoms with Gasteiger partial charge in [0.15, 0.2) is 0 Å². The topological polar surface area (TPSA) is 113 Å². The van der Waals surface area contributed by atoms with Crippen LogP contribution >= 0.6 is 0 Å². The summed E-state index contributed by atoms with van der Waals surface area (Å²) in [6, 6.07) is 6.11. The molecule has 3 atom stereocenters. The Bertz CT molecular complexity index is 746. The van der Waals surface area contributed by atoms with Crippen LogP contribution in [0.2, 0.25) is 0 Å². The molecule has 0 saturated heterocycles. The van der Waals surface area contributed by atoms with Crippen LogP contribution in [-0.2, 0) is 16.0 Å². The van der Waals surface area contributed by atoms with Crippen LogP contribution in [0.5, 0.6) is 5.75 Å². The van der Waals surface area contributed by atoms with Crippen molar-refractivity contribution in [3.05, 3.63) is 29.8 Å². The fourth-order valence-electron chi connectivity index (χ4n) is 6.77. The molecule has 2 unspecified atom stereocenters. The van der Waals surface area contributed by atoms with Crippen molar-refractivity contribution in [3.8, 4) is 5.75 Å². The van der Waals surface area contributed by atoms with E-state index in [2.05, 4.69) is 5.32 Å². The van der Waals surface area contributed by atoms with Crippen LogP contribution in [0.15, 0.2) is 24.3 Å². The number of hydrogen-bond donors (Lipinski definition) is 4. The minimum absolute atomic E-state index is 0.0352. The molecule has 1 aromatic carbocycles. The van der Waals surface area contributed by atoms with Gasteiger partial charge in [0.05, 0.1) is 12.5 Å². The maximum absolute atomic E-state index is 12.6. The maximum atomic E-state index is 12.6. The van der Waals surface area contributed by atoms with Crippen LogP contribution in [0.1, 0.15) is 50.5 Å². The van der Waals surface area contributed by atoms with Crippen molar-refractivity contribution in [2.24, 2.45) is 28.4 Å². The van der Waals surface area contributed by atoms with Crippen molar-refractivity contribution in [1.29, 1.82) is 0 Å². The van der Waals surface area contributed by atoms with Crippen LogP contribution in [0, 0.1) is 22.7 Å². The van der Waals surface area contributed by atoms with Gasteiger partial charge in [-0.3, -0.25) is 9.59 Å². The normalized spacial score (nSPS) is 34.2. The molecule has 5 rings (SSSR count). The molecule has 4 aliphatic rings. The zero-order valence-corrected chi connectivity index (χ0v) is 16.2. The number of benzene rings is 1. The average molecular weight is 386 g/mol. The molecule has 6 nitrogen and oxygen atoms in total. The highest BCUT2D eigenvalue weighted by Gasteiger charge is 2.58. The first-order chi connectivity index (χ1) is 13.3. The van der Waals surface area contributed by atoms with E-state index < -0.39 is 12.0 Å². The molecule has 6 heteroatoms. The molecule has 4 fully saturated rings. The summed E-state index contributed by atoms with van der Waals surface area (Å²) >= 11 is 0. The lowest BCUT2D eigenvalue weighted by atomic mass is 9.43. The van der Waals surface area contributed by atoms with Crippen molar-refractivity contribution in [2.45, 2.75) is 57.4 Å². The third kappa shape index (κ3) is 3.88. The molecule has 0 radical (unpaired) electrons.